The molecule has 0 heterocycles. The van der Waals surface area contributed by atoms with Crippen LogP contribution < -0.4 is 0 Å². The summed E-state index contributed by atoms with van der Waals surface area (Å²) in [6, 6.07) is 0. The standard InChI is InChI=1S/C23H44O4/c1-4-17-23(18-5-2,22(26)27)19-20(3)15-13-11-9-7-6-8-10-12-14-16-21(24)25/h20H,4-19H2,1-3H3,(H,24,25)(H,26,27). The van der Waals surface area contributed by atoms with E-state index in [2.05, 4.69) is 20.8 Å². The van der Waals surface area contributed by atoms with Crippen LogP contribution >= 0.6 is 0 Å². The van der Waals surface area contributed by atoms with Crippen molar-refractivity contribution in [1.82, 2.24) is 0 Å². The van der Waals surface area contributed by atoms with Gasteiger partial charge in [-0.2, -0.15) is 0 Å². The van der Waals surface area contributed by atoms with Crippen molar-refractivity contribution in [2.45, 2.75) is 124 Å². The van der Waals surface area contributed by atoms with Gasteiger partial charge in [-0.3, -0.25) is 9.59 Å². The number of carboxylic acid groups (broad SMARTS) is 2. The van der Waals surface area contributed by atoms with Crippen molar-refractivity contribution in [2.75, 3.05) is 0 Å². The van der Waals surface area contributed by atoms with Gasteiger partial charge < -0.3 is 10.2 Å². The summed E-state index contributed by atoms with van der Waals surface area (Å²) in [4.78, 5) is 22.3. The van der Waals surface area contributed by atoms with Crippen molar-refractivity contribution >= 4 is 11.9 Å². The minimum absolute atomic E-state index is 0.303. The van der Waals surface area contributed by atoms with Crippen molar-refractivity contribution in [3.63, 3.8) is 0 Å². The number of aliphatic carboxylic acids is 2. The number of unbranched alkanes of at least 4 members (excludes halogenated alkanes) is 8. The molecule has 4 nitrogen and oxygen atoms in total. The molecule has 0 radical (unpaired) electrons. The minimum atomic E-state index is -0.686. The number of hydrogen-bond donors (Lipinski definition) is 2. The van der Waals surface area contributed by atoms with Crippen molar-refractivity contribution in [3.8, 4) is 0 Å². The summed E-state index contributed by atoms with van der Waals surface area (Å²) >= 11 is 0. The number of carbonyl (C=O) groups is 2. The lowest BCUT2D eigenvalue weighted by atomic mass is 9.72. The topological polar surface area (TPSA) is 74.6 Å². The van der Waals surface area contributed by atoms with Gasteiger partial charge in [-0.1, -0.05) is 91.4 Å². The van der Waals surface area contributed by atoms with Crippen LogP contribution in [0.1, 0.15) is 124 Å². The van der Waals surface area contributed by atoms with E-state index in [4.69, 9.17) is 5.11 Å². The fourth-order valence-corrected chi connectivity index (χ4v) is 4.36. The van der Waals surface area contributed by atoms with Gasteiger partial charge in [-0.05, 0) is 31.6 Å². The molecule has 1 unspecified atom stereocenters. The molecule has 0 saturated carbocycles. The largest absolute Gasteiger partial charge is 0.481 e. The normalized spacial score (nSPS) is 12.9. The van der Waals surface area contributed by atoms with E-state index < -0.39 is 17.4 Å². The molecule has 0 saturated heterocycles. The van der Waals surface area contributed by atoms with E-state index in [0.717, 1.165) is 57.8 Å². The van der Waals surface area contributed by atoms with Crippen LogP contribution in [0.25, 0.3) is 0 Å². The average molecular weight is 385 g/mol. The molecule has 0 amide bonds. The van der Waals surface area contributed by atoms with Crippen LogP contribution in [0.3, 0.4) is 0 Å². The first-order chi connectivity index (χ1) is 12.9. The van der Waals surface area contributed by atoms with Gasteiger partial charge >= 0.3 is 11.9 Å². The van der Waals surface area contributed by atoms with Crippen LogP contribution in [-0.4, -0.2) is 22.2 Å². The second-order valence-electron chi connectivity index (χ2n) is 8.51. The molecule has 0 spiro atoms. The quantitative estimate of drug-likeness (QED) is 0.234. The third-order valence-electron chi connectivity index (χ3n) is 5.74. The van der Waals surface area contributed by atoms with Gasteiger partial charge in [0.25, 0.3) is 0 Å². The van der Waals surface area contributed by atoms with E-state index in [1.807, 2.05) is 0 Å². The molecule has 0 bridgehead atoms. The fraction of sp³-hybridized carbons (Fsp3) is 0.913. The van der Waals surface area contributed by atoms with Crippen molar-refractivity contribution < 1.29 is 19.8 Å². The number of rotatable bonds is 19. The summed E-state index contributed by atoms with van der Waals surface area (Å²) in [5.41, 5.74) is -0.510. The molecule has 0 rings (SSSR count). The maximum absolute atomic E-state index is 11.9. The summed E-state index contributed by atoms with van der Waals surface area (Å²) in [5.74, 6) is -0.802. The van der Waals surface area contributed by atoms with E-state index in [-0.39, 0.29) is 0 Å². The van der Waals surface area contributed by atoms with E-state index in [1.165, 1.54) is 38.5 Å². The molecule has 2 N–H and O–H groups in total. The average Bonchev–Trinajstić information content (AvgIpc) is 2.59. The number of carboxylic acids is 2. The zero-order valence-electron chi connectivity index (χ0n) is 18.1. The van der Waals surface area contributed by atoms with E-state index in [1.54, 1.807) is 0 Å². The second kappa shape index (κ2) is 15.9. The fourth-order valence-electron chi connectivity index (χ4n) is 4.36. The lowest BCUT2D eigenvalue weighted by Gasteiger charge is -2.31. The van der Waals surface area contributed by atoms with Gasteiger partial charge in [-0.15, -0.1) is 0 Å². The van der Waals surface area contributed by atoms with Crippen LogP contribution in [0.2, 0.25) is 0 Å². The molecule has 4 heteroatoms. The van der Waals surface area contributed by atoms with Gasteiger partial charge in [-0.25, -0.2) is 0 Å². The van der Waals surface area contributed by atoms with Crippen molar-refractivity contribution in [1.29, 1.82) is 0 Å². The molecule has 27 heavy (non-hydrogen) atoms. The zero-order valence-corrected chi connectivity index (χ0v) is 18.1. The zero-order chi connectivity index (χ0) is 20.5. The summed E-state index contributed by atoms with van der Waals surface area (Å²) in [6.07, 6.45) is 16.2. The van der Waals surface area contributed by atoms with Crippen LogP contribution in [0.4, 0.5) is 0 Å². The molecule has 0 aromatic carbocycles. The minimum Gasteiger partial charge on any atom is -0.481 e. The molecular formula is C23H44O4. The van der Waals surface area contributed by atoms with Gasteiger partial charge in [0.15, 0.2) is 0 Å². The molecule has 160 valence electrons. The van der Waals surface area contributed by atoms with Crippen molar-refractivity contribution in [3.05, 3.63) is 0 Å². The van der Waals surface area contributed by atoms with Crippen LogP contribution in [0.15, 0.2) is 0 Å². The molecule has 0 aliphatic heterocycles. The third-order valence-corrected chi connectivity index (χ3v) is 5.74. The second-order valence-corrected chi connectivity index (χ2v) is 8.51. The molecule has 0 aromatic heterocycles. The Balaban J connectivity index is 3.82. The molecular weight excluding hydrogens is 340 g/mol. The van der Waals surface area contributed by atoms with Gasteiger partial charge in [0.05, 0.1) is 5.41 Å². The Bertz CT molecular complexity index is 386. The summed E-state index contributed by atoms with van der Waals surface area (Å²) in [5, 5.41) is 18.4. The highest BCUT2D eigenvalue weighted by molar-refractivity contribution is 5.74. The summed E-state index contributed by atoms with van der Waals surface area (Å²) in [6.45, 7) is 6.40. The summed E-state index contributed by atoms with van der Waals surface area (Å²) in [7, 11) is 0. The number of hydrogen-bond acceptors (Lipinski definition) is 2. The Kier molecular flexibility index (Phi) is 15.3. The Morgan fingerprint density at radius 1 is 0.778 bits per heavy atom. The van der Waals surface area contributed by atoms with E-state index in [0.29, 0.717) is 12.3 Å². The first kappa shape index (κ1) is 25.9. The van der Waals surface area contributed by atoms with Crippen LogP contribution in [-0.2, 0) is 9.59 Å². The molecule has 1 atom stereocenters. The van der Waals surface area contributed by atoms with E-state index in [9.17, 15) is 14.7 Å². The van der Waals surface area contributed by atoms with E-state index >= 15 is 0 Å². The van der Waals surface area contributed by atoms with Crippen molar-refractivity contribution in [2.24, 2.45) is 11.3 Å². The smallest absolute Gasteiger partial charge is 0.309 e. The predicted molar refractivity (Wildman–Crippen MR) is 112 cm³/mol. The monoisotopic (exact) mass is 384 g/mol. The van der Waals surface area contributed by atoms with Crippen LogP contribution in [0, 0.1) is 11.3 Å². The maximum Gasteiger partial charge on any atom is 0.309 e. The van der Waals surface area contributed by atoms with Gasteiger partial charge in [0.1, 0.15) is 0 Å². The molecule has 0 aromatic rings. The third kappa shape index (κ3) is 12.9. The Hall–Kier alpha value is -1.06. The first-order valence-corrected chi connectivity index (χ1v) is 11.3. The Morgan fingerprint density at radius 3 is 1.63 bits per heavy atom. The molecule has 0 aliphatic carbocycles. The SMILES string of the molecule is CCCC(CCC)(CC(C)CCCCCCCCCCCC(=O)O)C(=O)O. The summed E-state index contributed by atoms with van der Waals surface area (Å²) < 4.78 is 0. The molecule has 0 fully saturated rings. The Morgan fingerprint density at radius 2 is 1.22 bits per heavy atom. The highest BCUT2D eigenvalue weighted by Gasteiger charge is 2.37. The van der Waals surface area contributed by atoms with Gasteiger partial charge in [0, 0.05) is 6.42 Å². The highest BCUT2D eigenvalue weighted by Crippen LogP contribution is 2.38. The van der Waals surface area contributed by atoms with Crippen LogP contribution in [0.5, 0.6) is 0 Å². The first-order valence-electron chi connectivity index (χ1n) is 11.3. The van der Waals surface area contributed by atoms with Gasteiger partial charge in [0.2, 0.25) is 0 Å². The highest BCUT2D eigenvalue weighted by atomic mass is 16.4. The molecule has 0 aliphatic rings. The predicted octanol–water partition coefficient (Wildman–Crippen LogP) is 7.06. The Labute approximate surface area is 167 Å². The maximum atomic E-state index is 11.9. The lowest BCUT2D eigenvalue weighted by Crippen LogP contribution is -2.33. The lowest BCUT2D eigenvalue weighted by molar-refractivity contribution is -0.151.